The van der Waals surface area contributed by atoms with Crippen molar-refractivity contribution >= 4 is 17.2 Å². The molecule has 0 saturated carbocycles. The Morgan fingerprint density at radius 1 is 1.75 bits per heavy atom. The van der Waals surface area contributed by atoms with Crippen molar-refractivity contribution in [3.8, 4) is 0 Å². The van der Waals surface area contributed by atoms with Crippen molar-refractivity contribution in [1.82, 2.24) is 10.3 Å². The Balaban J connectivity index is 2.40. The molecule has 0 spiro atoms. The third-order valence-electron chi connectivity index (χ3n) is 1.30. The molecule has 0 radical (unpaired) electrons. The van der Waals surface area contributed by atoms with Crippen LogP contribution in [0.1, 0.15) is 23.6 Å². The van der Waals surface area contributed by atoms with Gasteiger partial charge >= 0.3 is 0 Å². The van der Waals surface area contributed by atoms with Crippen LogP contribution in [0.2, 0.25) is 0 Å². The highest BCUT2D eigenvalue weighted by Gasteiger charge is 2.07. The predicted octanol–water partition coefficient (Wildman–Crippen LogP) is 1.53. The molecule has 0 fully saturated rings. The van der Waals surface area contributed by atoms with Crippen molar-refractivity contribution in [2.75, 3.05) is 6.54 Å². The molecule has 1 aromatic heterocycles. The first-order chi connectivity index (χ1) is 5.70. The van der Waals surface area contributed by atoms with Gasteiger partial charge in [-0.3, -0.25) is 4.79 Å². The monoisotopic (exact) mass is 184 g/mol. The molecule has 0 saturated heterocycles. The summed E-state index contributed by atoms with van der Waals surface area (Å²) in [6.07, 6.45) is 1.63. The van der Waals surface area contributed by atoms with Gasteiger partial charge in [-0.2, -0.15) is 0 Å². The molecule has 12 heavy (non-hydrogen) atoms. The van der Waals surface area contributed by atoms with E-state index in [0.717, 1.165) is 0 Å². The van der Waals surface area contributed by atoms with Crippen LogP contribution in [0.4, 0.5) is 0 Å². The van der Waals surface area contributed by atoms with Crippen molar-refractivity contribution in [3.05, 3.63) is 16.6 Å². The highest BCUT2D eigenvalue weighted by molar-refractivity contribution is 7.11. The second-order valence-electron chi connectivity index (χ2n) is 2.94. The number of nitrogens with one attached hydrogen (secondary N) is 1. The topological polar surface area (TPSA) is 42.0 Å². The molecule has 0 unspecified atom stereocenters. The Labute approximate surface area is 75.8 Å². The Hall–Kier alpha value is -0.900. The largest absolute Gasteiger partial charge is 0.350 e. The third-order valence-corrected chi connectivity index (χ3v) is 2.07. The molecule has 0 bridgehead atoms. The molecule has 1 rings (SSSR count). The molecule has 1 heterocycles. The molecule has 0 aliphatic carbocycles. The molecule has 3 nitrogen and oxygen atoms in total. The molecule has 0 aliphatic rings. The summed E-state index contributed by atoms with van der Waals surface area (Å²) in [5.41, 5.74) is 0. The maximum atomic E-state index is 11.2. The Morgan fingerprint density at radius 2 is 2.50 bits per heavy atom. The van der Waals surface area contributed by atoms with Gasteiger partial charge in [0.25, 0.3) is 5.91 Å². The minimum absolute atomic E-state index is 0.0706. The molecule has 0 aliphatic heterocycles. The average molecular weight is 184 g/mol. The maximum Gasteiger partial charge on any atom is 0.280 e. The van der Waals surface area contributed by atoms with E-state index in [1.165, 1.54) is 11.3 Å². The fraction of sp³-hybridized carbons (Fsp3) is 0.500. The van der Waals surface area contributed by atoms with Crippen molar-refractivity contribution in [1.29, 1.82) is 0 Å². The zero-order valence-electron chi connectivity index (χ0n) is 7.20. The first kappa shape index (κ1) is 9.19. The van der Waals surface area contributed by atoms with E-state index in [2.05, 4.69) is 24.1 Å². The quantitative estimate of drug-likeness (QED) is 0.774. The summed E-state index contributed by atoms with van der Waals surface area (Å²) in [6.45, 7) is 4.82. The zero-order valence-corrected chi connectivity index (χ0v) is 8.02. The van der Waals surface area contributed by atoms with Crippen molar-refractivity contribution in [3.63, 3.8) is 0 Å². The van der Waals surface area contributed by atoms with Crippen molar-refractivity contribution < 1.29 is 4.79 Å². The van der Waals surface area contributed by atoms with E-state index in [1.807, 2.05) is 0 Å². The maximum absolute atomic E-state index is 11.2. The lowest BCUT2D eigenvalue weighted by molar-refractivity contribution is 0.0948. The molecule has 0 aromatic carbocycles. The SMILES string of the molecule is CC(C)CNC(=O)c1nccs1. The minimum atomic E-state index is -0.0706. The highest BCUT2D eigenvalue weighted by Crippen LogP contribution is 2.03. The molecule has 66 valence electrons. The van der Waals surface area contributed by atoms with Gasteiger partial charge in [0.2, 0.25) is 0 Å². The summed E-state index contributed by atoms with van der Waals surface area (Å²) < 4.78 is 0. The first-order valence-corrected chi connectivity index (χ1v) is 4.76. The molecule has 4 heteroatoms. The van der Waals surface area contributed by atoms with E-state index in [-0.39, 0.29) is 5.91 Å². The lowest BCUT2D eigenvalue weighted by Gasteiger charge is -2.04. The molecular weight excluding hydrogens is 172 g/mol. The van der Waals surface area contributed by atoms with Gasteiger partial charge < -0.3 is 5.32 Å². The average Bonchev–Trinajstić information content (AvgIpc) is 2.51. The van der Waals surface area contributed by atoms with Crippen LogP contribution in [0.5, 0.6) is 0 Å². The van der Waals surface area contributed by atoms with Gasteiger partial charge in [0.1, 0.15) is 0 Å². The highest BCUT2D eigenvalue weighted by atomic mass is 32.1. The fourth-order valence-corrected chi connectivity index (χ4v) is 1.26. The van der Waals surface area contributed by atoms with E-state index in [1.54, 1.807) is 11.6 Å². The van der Waals surface area contributed by atoms with Gasteiger partial charge in [0.15, 0.2) is 5.01 Å². The van der Waals surface area contributed by atoms with Crippen LogP contribution in [0.3, 0.4) is 0 Å². The summed E-state index contributed by atoms with van der Waals surface area (Å²) in [5.74, 6) is 0.410. The second kappa shape index (κ2) is 4.21. The molecule has 1 amide bonds. The Bertz CT molecular complexity index is 244. The van der Waals surface area contributed by atoms with E-state index in [9.17, 15) is 4.79 Å². The number of thiazole rings is 1. The minimum Gasteiger partial charge on any atom is -0.350 e. The van der Waals surface area contributed by atoms with Crippen LogP contribution in [0.15, 0.2) is 11.6 Å². The second-order valence-corrected chi connectivity index (χ2v) is 3.84. The van der Waals surface area contributed by atoms with Crippen LogP contribution in [0.25, 0.3) is 0 Å². The predicted molar refractivity (Wildman–Crippen MR) is 49.3 cm³/mol. The van der Waals surface area contributed by atoms with Gasteiger partial charge in [0.05, 0.1) is 0 Å². The van der Waals surface area contributed by atoms with Gasteiger partial charge in [-0.1, -0.05) is 13.8 Å². The first-order valence-electron chi connectivity index (χ1n) is 3.88. The van der Waals surface area contributed by atoms with Gasteiger partial charge in [-0.05, 0) is 5.92 Å². The third kappa shape index (κ3) is 2.62. The van der Waals surface area contributed by atoms with Crippen LogP contribution >= 0.6 is 11.3 Å². The van der Waals surface area contributed by atoms with E-state index in [0.29, 0.717) is 17.5 Å². The summed E-state index contributed by atoms with van der Waals surface area (Å²) in [6, 6.07) is 0. The molecule has 1 aromatic rings. The number of aromatic nitrogens is 1. The summed E-state index contributed by atoms with van der Waals surface area (Å²) >= 11 is 1.36. The van der Waals surface area contributed by atoms with Gasteiger partial charge in [-0.15, -0.1) is 11.3 Å². The normalized spacial score (nSPS) is 10.2. The van der Waals surface area contributed by atoms with Crippen LogP contribution in [-0.2, 0) is 0 Å². The standard InChI is InChI=1S/C8H12N2OS/c1-6(2)5-10-7(11)8-9-3-4-12-8/h3-4,6H,5H2,1-2H3,(H,10,11). The Morgan fingerprint density at radius 3 is 3.00 bits per heavy atom. The number of carbonyl (C=O) groups excluding carboxylic acids is 1. The summed E-state index contributed by atoms with van der Waals surface area (Å²) in [4.78, 5) is 15.1. The van der Waals surface area contributed by atoms with E-state index >= 15 is 0 Å². The molecule has 1 N–H and O–H groups in total. The van der Waals surface area contributed by atoms with Crippen molar-refractivity contribution in [2.24, 2.45) is 5.92 Å². The van der Waals surface area contributed by atoms with Gasteiger partial charge in [-0.25, -0.2) is 4.98 Å². The van der Waals surface area contributed by atoms with Gasteiger partial charge in [0, 0.05) is 18.1 Å². The van der Waals surface area contributed by atoms with Crippen LogP contribution < -0.4 is 5.32 Å². The lowest BCUT2D eigenvalue weighted by Crippen LogP contribution is -2.27. The van der Waals surface area contributed by atoms with Crippen LogP contribution in [-0.4, -0.2) is 17.4 Å². The summed E-state index contributed by atoms with van der Waals surface area (Å²) in [7, 11) is 0. The van der Waals surface area contributed by atoms with E-state index in [4.69, 9.17) is 0 Å². The van der Waals surface area contributed by atoms with E-state index < -0.39 is 0 Å². The smallest absolute Gasteiger partial charge is 0.280 e. The number of nitrogens with zero attached hydrogens (tertiary/aromatic N) is 1. The fourth-order valence-electron chi connectivity index (χ4n) is 0.708. The Kier molecular flexibility index (Phi) is 3.22. The van der Waals surface area contributed by atoms with Crippen LogP contribution in [0, 0.1) is 5.92 Å². The number of amides is 1. The lowest BCUT2D eigenvalue weighted by atomic mass is 10.2. The number of carbonyl (C=O) groups is 1. The molecule has 0 atom stereocenters. The number of hydrogen-bond acceptors (Lipinski definition) is 3. The molecular formula is C8H12N2OS. The number of rotatable bonds is 3. The zero-order chi connectivity index (χ0) is 8.97. The summed E-state index contributed by atoms with van der Waals surface area (Å²) in [5, 5.41) is 5.13. The number of hydrogen-bond donors (Lipinski definition) is 1. The van der Waals surface area contributed by atoms with Crippen molar-refractivity contribution in [2.45, 2.75) is 13.8 Å².